The van der Waals surface area contributed by atoms with E-state index < -0.39 is 5.97 Å². The van der Waals surface area contributed by atoms with Crippen LogP contribution in [0.25, 0.3) is 0 Å². The summed E-state index contributed by atoms with van der Waals surface area (Å²) in [5, 5.41) is 0. The summed E-state index contributed by atoms with van der Waals surface area (Å²) in [6, 6.07) is 0. The van der Waals surface area contributed by atoms with Gasteiger partial charge < -0.3 is 18.9 Å². The van der Waals surface area contributed by atoms with Gasteiger partial charge in [0.25, 0.3) is 5.97 Å². The quantitative estimate of drug-likeness (QED) is 0.392. The summed E-state index contributed by atoms with van der Waals surface area (Å²) in [4.78, 5) is 0. The van der Waals surface area contributed by atoms with Crippen molar-refractivity contribution in [1.82, 2.24) is 0 Å². The Morgan fingerprint density at radius 1 is 0.955 bits per heavy atom. The fraction of sp³-hybridized carbons (Fsp3) is 1.00. The fourth-order valence-electron chi connectivity index (χ4n) is 3.52. The Balaban J connectivity index is 2.57. The van der Waals surface area contributed by atoms with E-state index in [1.54, 1.807) is 21.3 Å². The minimum Gasteiger partial charge on any atom is -0.378 e. The lowest BCUT2D eigenvalue weighted by Gasteiger charge is -2.41. The van der Waals surface area contributed by atoms with Crippen molar-refractivity contribution in [2.45, 2.75) is 83.2 Å². The summed E-state index contributed by atoms with van der Waals surface area (Å²) >= 11 is 0. The topological polar surface area (TPSA) is 36.9 Å². The second-order valence-corrected chi connectivity index (χ2v) is 6.28. The molecule has 2 unspecified atom stereocenters. The van der Waals surface area contributed by atoms with Crippen molar-refractivity contribution in [3.05, 3.63) is 0 Å². The molecule has 4 heteroatoms. The highest BCUT2D eigenvalue weighted by atomic mass is 16.9. The standard InChI is InChI=1S/C18H36O4/c1-5-6-7-8-9-10-13-16(17-14-11-12-15-22-17)18(19-2,20-3)21-4/h16-17H,5-15H2,1-4H3. The molecule has 0 amide bonds. The van der Waals surface area contributed by atoms with Crippen LogP contribution in [0.2, 0.25) is 0 Å². The lowest BCUT2D eigenvalue weighted by molar-refractivity contribution is -0.391. The first kappa shape index (κ1) is 19.9. The van der Waals surface area contributed by atoms with Crippen LogP contribution in [0.5, 0.6) is 0 Å². The van der Waals surface area contributed by atoms with Gasteiger partial charge in [-0.3, -0.25) is 0 Å². The van der Waals surface area contributed by atoms with Gasteiger partial charge in [-0.05, 0) is 25.7 Å². The van der Waals surface area contributed by atoms with Gasteiger partial charge in [-0.15, -0.1) is 0 Å². The van der Waals surface area contributed by atoms with Crippen LogP contribution >= 0.6 is 0 Å². The van der Waals surface area contributed by atoms with E-state index in [0.29, 0.717) is 0 Å². The Hall–Kier alpha value is -0.160. The highest BCUT2D eigenvalue weighted by Gasteiger charge is 2.45. The van der Waals surface area contributed by atoms with Crippen LogP contribution in [-0.4, -0.2) is 40.0 Å². The molecule has 22 heavy (non-hydrogen) atoms. The van der Waals surface area contributed by atoms with Crippen LogP contribution in [0, 0.1) is 5.92 Å². The van der Waals surface area contributed by atoms with Crippen LogP contribution in [0.4, 0.5) is 0 Å². The molecule has 1 saturated heterocycles. The van der Waals surface area contributed by atoms with Gasteiger partial charge in [-0.1, -0.05) is 45.4 Å². The average Bonchev–Trinajstić information content (AvgIpc) is 2.58. The van der Waals surface area contributed by atoms with Crippen molar-refractivity contribution in [3.63, 3.8) is 0 Å². The van der Waals surface area contributed by atoms with Crippen molar-refractivity contribution < 1.29 is 18.9 Å². The number of ether oxygens (including phenoxy) is 4. The smallest absolute Gasteiger partial charge is 0.287 e. The van der Waals surface area contributed by atoms with Crippen LogP contribution in [0.1, 0.15) is 71.1 Å². The van der Waals surface area contributed by atoms with E-state index >= 15 is 0 Å². The zero-order valence-electron chi connectivity index (χ0n) is 15.1. The number of hydrogen-bond donors (Lipinski definition) is 0. The van der Waals surface area contributed by atoms with Gasteiger partial charge in [-0.2, -0.15) is 0 Å². The zero-order valence-corrected chi connectivity index (χ0v) is 15.1. The van der Waals surface area contributed by atoms with Crippen molar-refractivity contribution in [1.29, 1.82) is 0 Å². The summed E-state index contributed by atoms with van der Waals surface area (Å²) < 4.78 is 22.9. The van der Waals surface area contributed by atoms with Gasteiger partial charge in [0.15, 0.2) is 0 Å². The van der Waals surface area contributed by atoms with E-state index in [0.717, 1.165) is 25.9 Å². The maximum Gasteiger partial charge on any atom is 0.287 e. The number of unbranched alkanes of at least 4 members (excludes halogenated alkanes) is 5. The van der Waals surface area contributed by atoms with E-state index in [1.165, 1.54) is 44.9 Å². The number of rotatable bonds is 12. The molecule has 1 fully saturated rings. The lowest BCUT2D eigenvalue weighted by atomic mass is 9.88. The molecular formula is C18H36O4. The molecule has 0 aromatic carbocycles. The zero-order chi connectivity index (χ0) is 16.3. The molecule has 2 atom stereocenters. The van der Waals surface area contributed by atoms with Gasteiger partial charge >= 0.3 is 0 Å². The fourth-order valence-corrected chi connectivity index (χ4v) is 3.52. The molecule has 0 aromatic heterocycles. The molecule has 1 aliphatic heterocycles. The Bertz CT molecular complexity index is 252. The summed E-state index contributed by atoms with van der Waals surface area (Å²) in [5.74, 6) is -0.857. The van der Waals surface area contributed by atoms with Gasteiger partial charge in [0.2, 0.25) is 0 Å². The van der Waals surface area contributed by atoms with Crippen molar-refractivity contribution >= 4 is 0 Å². The van der Waals surface area contributed by atoms with Crippen molar-refractivity contribution in [3.8, 4) is 0 Å². The molecule has 1 heterocycles. The first-order chi connectivity index (χ1) is 10.7. The van der Waals surface area contributed by atoms with Crippen LogP contribution in [0.3, 0.4) is 0 Å². The molecular weight excluding hydrogens is 280 g/mol. The van der Waals surface area contributed by atoms with Crippen molar-refractivity contribution in [2.24, 2.45) is 5.92 Å². The number of hydrogen-bond acceptors (Lipinski definition) is 4. The Kier molecular flexibility index (Phi) is 10.3. The molecule has 0 N–H and O–H groups in total. The van der Waals surface area contributed by atoms with Crippen LogP contribution in [-0.2, 0) is 18.9 Å². The molecule has 4 nitrogen and oxygen atoms in total. The van der Waals surface area contributed by atoms with E-state index in [2.05, 4.69) is 6.92 Å². The Labute approximate surface area is 136 Å². The normalized spacial score (nSPS) is 21.0. The molecule has 0 aromatic rings. The maximum atomic E-state index is 6.01. The summed E-state index contributed by atoms with van der Waals surface area (Å²) in [6.45, 7) is 3.09. The first-order valence-corrected chi connectivity index (χ1v) is 9.01. The second-order valence-electron chi connectivity index (χ2n) is 6.28. The Morgan fingerprint density at radius 3 is 2.14 bits per heavy atom. The molecule has 1 rings (SSSR count). The Morgan fingerprint density at radius 2 is 1.59 bits per heavy atom. The monoisotopic (exact) mass is 316 g/mol. The molecule has 1 aliphatic rings. The highest BCUT2D eigenvalue weighted by Crippen LogP contribution is 2.36. The van der Waals surface area contributed by atoms with Gasteiger partial charge in [0.1, 0.15) is 0 Å². The minimum atomic E-state index is -0.981. The molecule has 0 bridgehead atoms. The van der Waals surface area contributed by atoms with E-state index in [1.807, 2.05) is 0 Å². The molecule has 132 valence electrons. The largest absolute Gasteiger partial charge is 0.378 e. The molecule has 0 aliphatic carbocycles. The third-order valence-electron chi connectivity index (χ3n) is 4.84. The molecule has 0 spiro atoms. The van der Waals surface area contributed by atoms with Crippen LogP contribution < -0.4 is 0 Å². The first-order valence-electron chi connectivity index (χ1n) is 9.01. The second kappa shape index (κ2) is 11.4. The van der Waals surface area contributed by atoms with Gasteiger partial charge in [0, 0.05) is 27.9 Å². The summed E-state index contributed by atoms with van der Waals surface area (Å²) in [7, 11) is 4.97. The highest BCUT2D eigenvalue weighted by molar-refractivity contribution is 4.81. The summed E-state index contributed by atoms with van der Waals surface area (Å²) in [6.07, 6.45) is 12.3. The lowest BCUT2D eigenvalue weighted by Crippen LogP contribution is -2.50. The van der Waals surface area contributed by atoms with E-state index in [-0.39, 0.29) is 12.0 Å². The van der Waals surface area contributed by atoms with Crippen molar-refractivity contribution in [2.75, 3.05) is 27.9 Å². The van der Waals surface area contributed by atoms with Gasteiger partial charge in [0.05, 0.1) is 12.0 Å². The average molecular weight is 316 g/mol. The number of methoxy groups -OCH3 is 3. The third-order valence-corrected chi connectivity index (χ3v) is 4.84. The SMILES string of the molecule is CCCCCCCCC(C1CCCCO1)C(OC)(OC)OC. The van der Waals surface area contributed by atoms with Gasteiger partial charge in [-0.25, -0.2) is 0 Å². The minimum absolute atomic E-state index is 0.124. The molecule has 0 radical (unpaired) electrons. The van der Waals surface area contributed by atoms with Crippen LogP contribution in [0.15, 0.2) is 0 Å². The predicted molar refractivity (Wildman–Crippen MR) is 88.8 cm³/mol. The maximum absolute atomic E-state index is 6.01. The van der Waals surface area contributed by atoms with E-state index in [9.17, 15) is 0 Å². The molecule has 0 saturated carbocycles. The third kappa shape index (κ3) is 5.80. The van der Waals surface area contributed by atoms with E-state index in [4.69, 9.17) is 18.9 Å². The summed E-state index contributed by atoms with van der Waals surface area (Å²) in [5.41, 5.74) is 0. The predicted octanol–water partition coefficient (Wildman–Crippen LogP) is 4.52.